The van der Waals surface area contributed by atoms with Crippen LogP contribution in [0.5, 0.6) is 23.0 Å². The van der Waals surface area contributed by atoms with Crippen LogP contribution >= 0.6 is 7.92 Å². The molecule has 0 aromatic heterocycles. The summed E-state index contributed by atoms with van der Waals surface area (Å²) in [6, 6.07) is 50.2. The minimum Gasteiger partial charge on any atom is -0.455 e. The molecular formula is C40H23O2P. The lowest BCUT2D eigenvalue weighted by Gasteiger charge is -2.36. The van der Waals surface area contributed by atoms with Crippen molar-refractivity contribution >= 4 is 66.9 Å². The molecule has 0 fully saturated rings. The van der Waals surface area contributed by atoms with Crippen LogP contribution < -0.4 is 25.4 Å². The summed E-state index contributed by atoms with van der Waals surface area (Å²) in [6.45, 7) is 0. The number of ether oxygens (including phenoxy) is 2. The second-order valence-electron chi connectivity index (χ2n) is 11.3. The van der Waals surface area contributed by atoms with Crippen molar-refractivity contribution in [3.8, 4) is 34.1 Å². The summed E-state index contributed by atoms with van der Waals surface area (Å²) in [5.74, 6) is 3.70. The van der Waals surface area contributed by atoms with Gasteiger partial charge in [-0.25, -0.2) is 0 Å². The highest BCUT2D eigenvalue weighted by Crippen LogP contribution is 2.56. The Balaban J connectivity index is 1.30. The maximum Gasteiger partial charge on any atom is 0.143 e. The Labute approximate surface area is 249 Å². The topological polar surface area (TPSA) is 18.5 Å². The van der Waals surface area contributed by atoms with E-state index in [4.69, 9.17) is 9.47 Å². The van der Waals surface area contributed by atoms with Crippen LogP contribution in [0.2, 0.25) is 0 Å². The normalized spacial score (nSPS) is 13.4. The first-order chi connectivity index (χ1) is 21.3. The third kappa shape index (κ3) is 3.27. The lowest BCUT2D eigenvalue weighted by Crippen LogP contribution is -2.32. The van der Waals surface area contributed by atoms with Gasteiger partial charge in [0.15, 0.2) is 0 Å². The molecule has 43 heavy (non-hydrogen) atoms. The Morgan fingerprint density at radius 3 is 1.49 bits per heavy atom. The van der Waals surface area contributed by atoms with Crippen LogP contribution in [0.15, 0.2) is 140 Å². The zero-order valence-corrected chi connectivity index (χ0v) is 23.9. The monoisotopic (exact) mass is 566 g/mol. The fourth-order valence-corrected chi connectivity index (χ4v) is 9.62. The van der Waals surface area contributed by atoms with Crippen LogP contribution in [0.3, 0.4) is 0 Å². The van der Waals surface area contributed by atoms with E-state index in [0.717, 1.165) is 44.6 Å². The number of hydrogen-bond acceptors (Lipinski definition) is 2. The van der Waals surface area contributed by atoms with Crippen molar-refractivity contribution in [1.29, 1.82) is 0 Å². The maximum absolute atomic E-state index is 6.94. The Morgan fingerprint density at radius 1 is 0.395 bits per heavy atom. The highest BCUT2D eigenvalue weighted by molar-refractivity contribution is 7.80. The summed E-state index contributed by atoms with van der Waals surface area (Å²) in [5.41, 5.74) is 2.27. The van der Waals surface area contributed by atoms with Crippen molar-refractivity contribution in [2.45, 2.75) is 0 Å². The van der Waals surface area contributed by atoms with Gasteiger partial charge in [0.05, 0.1) is 5.30 Å². The van der Waals surface area contributed by atoms with Gasteiger partial charge in [0.1, 0.15) is 23.0 Å². The smallest absolute Gasteiger partial charge is 0.143 e. The minimum atomic E-state index is -0.892. The van der Waals surface area contributed by atoms with Crippen molar-refractivity contribution in [3.05, 3.63) is 140 Å². The van der Waals surface area contributed by atoms with E-state index < -0.39 is 7.92 Å². The highest BCUT2D eigenvalue weighted by atomic mass is 31.1. The number of benzene rings is 8. The van der Waals surface area contributed by atoms with Gasteiger partial charge in [-0.3, -0.25) is 0 Å². The van der Waals surface area contributed by atoms with Crippen molar-refractivity contribution in [2.24, 2.45) is 0 Å². The van der Waals surface area contributed by atoms with Gasteiger partial charge in [0, 0.05) is 29.3 Å². The zero-order chi connectivity index (χ0) is 28.1. The standard InChI is InChI=1S/C40H23O2P/c1-5-13-29-24(9-1)17-19-36-38(29)41-34-22-27(33-21-26-11-3-4-12-28(26)31-15-7-8-16-32(31)33)23-35-40(34)43(36)37-20-18-25-10-2-6-14-30(25)39(37)42-35/h1-23H. The molecule has 0 saturated heterocycles. The van der Waals surface area contributed by atoms with E-state index >= 15 is 0 Å². The Hall–Kier alpha value is -5.17. The fourth-order valence-electron chi connectivity index (χ4n) is 7.03. The van der Waals surface area contributed by atoms with Crippen molar-refractivity contribution in [1.82, 2.24) is 0 Å². The molecule has 0 spiro atoms. The molecule has 8 aromatic carbocycles. The SMILES string of the molecule is c1ccc2c3c(ccc2c1)P1c2ccc4ccccc4c2Oc2cc(-c4cc5ccccc5c5ccccc45)cc(c21)O3. The second kappa shape index (κ2) is 8.67. The molecule has 0 radical (unpaired) electrons. The molecule has 3 heteroatoms. The summed E-state index contributed by atoms with van der Waals surface area (Å²) in [5, 5.41) is 13.3. The van der Waals surface area contributed by atoms with Gasteiger partial charge in [-0.2, -0.15) is 0 Å². The van der Waals surface area contributed by atoms with Gasteiger partial charge in [-0.15, -0.1) is 0 Å². The van der Waals surface area contributed by atoms with Crippen molar-refractivity contribution < 1.29 is 9.47 Å². The van der Waals surface area contributed by atoms with Crippen LogP contribution in [-0.4, -0.2) is 0 Å². The van der Waals surface area contributed by atoms with Crippen LogP contribution in [0.1, 0.15) is 0 Å². The first kappa shape index (κ1) is 23.4. The predicted octanol–water partition coefficient (Wildman–Crippen LogP) is 9.94. The largest absolute Gasteiger partial charge is 0.455 e. The Bertz CT molecular complexity index is 2370. The maximum atomic E-state index is 6.94. The number of fused-ring (bicyclic) bond motifs is 11. The third-order valence-electron chi connectivity index (χ3n) is 8.97. The number of hydrogen-bond donors (Lipinski definition) is 0. The summed E-state index contributed by atoms with van der Waals surface area (Å²) in [7, 11) is -0.892. The van der Waals surface area contributed by atoms with Crippen molar-refractivity contribution in [2.75, 3.05) is 0 Å². The average Bonchev–Trinajstić information content (AvgIpc) is 3.07. The Morgan fingerprint density at radius 2 is 0.884 bits per heavy atom. The molecule has 200 valence electrons. The molecule has 10 rings (SSSR count). The van der Waals surface area contributed by atoms with Gasteiger partial charge < -0.3 is 9.47 Å². The molecule has 2 nitrogen and oxygen atoms in total. The molecule has 0 amide bonds. The Kier molecular flexibility index (Phi) is 4.72. The summed E-state index contributed by atoms with van der Waals surface area (Å²) < 4.78 is 13.9. The molecule has 0 unspecified atom stereocenters. The van der Waals surface area contributed by atoms with Gasteiger partial charge in [-0.05, 0) is 73.8 Å². The predicted molar refractivity (Wildman–Crippen MR) is 181 cm³/mol. The molecule has 2 aliphatic rings. The summed E-state index contributed by atoms with van der Waals surface area (Å²) >= 11 is 0. The van der Waals surface area contributed by atoms with E-state index in [1.165, 1.54) is 48.5 Å². The lowest BCUT2D eigenvalue weighted by molar-refractivity contribution is 0.472. The molecule has 2 heterocycles. The quantitative estimate of drug-likeness (QED) is 0.145. The molecule has 0 aliphatic carbocycles. The zero-order valence-electron chi connectivity index (χ0n) is 23.0. The molecule has 0 saturated carbocycles. The average molecular weight is 567 g/mol. The molecule has 0 bridgehead atoms. The molecular weight excluding hydrogens is 543 g/mol. The van der Waals surface area contributed by atoms with E-state index in [2.05, 4.69) is 140 Å². The lowest BCUT2D eigenvalue weighted by atomic mass is 9.93. The summed E-state index contributed by atoms with van der Waals surface area (Å²) in [4.78, 5) is 0. The summed E-state index contributed by atoms with van der Waals surface area (Å²) in [6.07, 6.45) is 0. The van der Waals surface area contributed by atoms with Gasteiger partial charge in [0.2, 0.25) is 0 Å². The molecule has 2 aliphatic heterocycles. The van der Waals surface area contributed by atoms with E-state index in [1.807, 2.05) is 0 Å². The van der Waals surface area contributed by atoms with Crippen LogP contribution in [-0.2, 0) is 0 Å². The molecule has 8 aromatic rings. The van der Waals surface area contributed by atoms with Gasteiger partial charge in [0.25, 0.3) is 0 Å². The van der Waals surface area contributed by atoms with E-state index in [0.29, 0.717) is 0 Å². The number of rotatable bonds is 1. The fraction of sp³-hybridized carbons (Fsp3) is 0. The minimum absolute atomic E-state index is 0.888. The second-order valence-corrected chi connectivity index (χ2v) is 13.4. The highest BCUT2D eigenvalue weighted by Gasteiger charge is 2.38. The third-order valence-corrected chi connectivity index (χ3v) is 11.5. The van der Waals surface area contributed by atoms with Crippen molar-refractivity contribution in [3.63, 3.8) is 0 Å². The van der Waals surface area contributed by atoms with Crippen LogP contribution in [0.4, 0.5) is 0 Å². The molecule has 0 N–H and O–H groups in total. The van der Waals surface area contributed by atoms with Crippen LogP contribution in [0.25, 0.3) is 54.2 Å². The van der Waals surface area contributed by atoms with E-state index in [1.54, 1.807) is 0 Å². The first-order valence-corrected chi connectivity index (χ1v) is 15.9. The molecule has 0 atom stereocenters. The van der Waals surface area contributed by atoms with Gasteiger partial charge >= 0.3 is 0 Å². The van der Waals surface area contributed by atoms with E-state index in [-0.39, 0.29) is 0 Å². The van der Waals surface area contributed by atoms with E-state index in [9.17, 15) is 0 Å². The first-order valence-electron chi connectivity index (χ1n) is 14.6. The van der Waals surface area contributed by atoms with Crippen LogP contribution in [0, 0.1) is 0 Å². The van der Waals surface area contributed by atoms with Gasteiger partial charge in [-0.1, -0.05) is 109 Å².